The molecule has 0 atom stereocenters. The minimum absolute atomic E-state index is 0.0149. The lowest BCUT2D eigenvalue weighted by atomic mass is 10.0. The van der Waals surface area contributed by atoms with E-state index in [9.17, 15) is 52.8 Å². The SMILES string of the molecule is CC(C)CCC(=O)c1cccc(NS(=O)(=O)c2cccnc2)c1.CCCCC(=O)c1cccc(NS(=O)(=O)c2cccnc2)c1.CCCCCC(=O)c1cccc(NS(=O)(=O)c2cccnc2)c1.COCCCC(=O)c1cccc(NS(=O)(=O)c2cccnc2)c1. The van der Waals surface area contributed by atoms with E-state index in [0.717, 1.165) is 38.5 Å². The Labute approximate surface area is 534 Å². The molecule has 0 fully saturated rings. The van der Waals surface area contributed by atoms with E-state index >= 15 is 0 Å². The number of hydrogen-bond donors (Lipinski definition) is 4. The summed E-state index contributed by atoms with van der Waals surface area (Å²) in [6, 6.07) is 38.2. The summed E-state index contributed by atoms with van der Waals surface area (Å²) in [5.74, 6) is 0.460. The van der Waals surface area contributed by atoms with E-state index in [4.69, 9.17) is 4.74 Å². The van der Waals surface area contributed by atoms with Crippen molar-refractivity contribution in [2.75, 3.05) is 32.6 Å². The van der Waals surface area contributed by atoms with Gasteiger partial charge in [-0.1, -0.05) is 95.5 Å². The molecular formula is C66H76N8O13S4. The number of aromatic nitrogens is 4. The minimum atomic E-state index is -3.72. The molecule has 0 radical (unpaired) electrons. The number of ketones is 4. The second-order valence-electron chi connectivity index (χ2n) is 20.8. The normalized spacial score (nSPS) is 11.2. The molecule has 0 saturated heterocycles. The number of rotatable bonds is 30. The molecule has 482 valence electrons. The zero-order valence-corrected chi connectivity index (χ0v) is 54.5. The Morgan fingerprint density at radius 1 is 0.385 bits per heavy atom. The van der Waals surface area contributed by atoms with Crippen molar-refractivity contribution in [3.63, 3.8) is 0 Å². The second-order valence-corrected chi connectivity index (χ2v) is 27.5. The van der Waals surface area contributed by atoms with Crippen LogP contribution in [0.25, 0.3) is 0 Å². The van der Waals surface area contributed by atoms with E-state index in [1.807, 2.05) is 6.92 Å². The smallest absolute Gasteiger partial charge is 0.263 e. The van der Waals surface area contributed by atoms with E-state index < -0.39 is 40.1 Å². The first-order valence-electron chi connectivity index (χ1n) is 29.2. The Hall–Kier alpha value is -8.88. The van der Waals surface area contributed by atoms with Gasteiger partial charge in [0, 0.05) is 134 Å². The number of nitrogens with one attached hydrogen (secondary N) is 4. The number of hydrogen-bond acceptors (Lipinski definition) is 17. The Bertz CT molecular complexity index is 3960. The van der Waals surface area contributed by atoms with Crippen molar-refractivity contribution < 1.29 is 57.6 Å². The number of pyridine rings is 4. The number of Topliss-reactive ketones (excluding diaryl/α,β-unsaturated/α-hetero) is 4. The molecule has 21 nitrogen and oxygen atoms in total. The van der Waals surface area contributed by atoms with Gasteiger partial charge in [-0.3, -0.25) is 58.0 Å². The van der Waals surface area contributed by atoms with Crippen LogP contribution in [0.3, 0.4) is 0 Å². The molecule has 0 aliphatic carbocycles. The summed E-state index contributed by atoms with van der Waals surface area (Å²) < 4.78 is 113. The van der Waals surface area contributed by atoms with E-state index in [1.165, 1.54) is 79.9 Å². The van der Waals surface area contributed by atoms with Crippen LogP contribution in [0.1, 0.15) is 140 Å². The Kier molecular flexibility index (Phi) is 29.4. The fraction of sp³-hybridized carbons (Fsp3) is 0.273. The average Bonchev–Trinajstić information content (AvgIpc) is 2.92. The summed E-state index contributed by atoms with van der Waals surface area (Å²) in [5.41, 5.74) is 3.45. The minimum Gasteiger partial charge on any atom is -0.385 e. The predicted molar refractivity (Wildman–Crippen MR) is 352 cm³/mol. The first kappa shape index (κ1) is 72.9. The van der Waals surface area contributed by atoms with Gasteiger partial charge < -0.3 is 4.74 Å². The van der Waals surface area contributed by atoms with Crippen molar-refractivity contribution in [3.05, 3.63) is 217 Å². The second kappa shape index (κ2) is 36.7. The fourth-order valence-electron chi connectivity index (χ4n) is 8.15. The van der Waals surface area contributed by atoms with Gasteiger partial charge in [-0.15, -0.1) is 0 Å². The fourth-order valence-corrected chi connectivity index (χ4v) is 12.2. The number of benzene rings is 4. The molecule has 4 aromatic carbocycles. The largest absolute Gasteiger partial charge is 0.385 e. The van der Waals surface area contributed by atoms with E-state index in [2.05, 4.69) is 59.6 Å². The van der Waals surface area contributed by atoms with E-state index in [1.54, 1.807) is 122 Å². The molecule has 0 amide bonds. The van der Waals surface area contributed by atoms with Crippen molar-refractivity contribution >= 4 is 86.0 Å². The molecule has 0 aliphatic rings. The van der Waals surface area contributed by atoms with Crippen molar-refractivity contribution in [3.8, 4) is 0 Å². The molecular weight excluding hydrogens is 1240 g/mol. The molecule has 4 heterocycles. The quantitative estimate of drug-likeness (QED) is 0.0240. The van der Waals surface area contributed by atoms with Crippen LogP contribution in [0.2, 0.25) is 0 Å². The third kappa shape index (κ3) is 25.1. The van der Waals surface area contributed by atoms with E-state index in [-0.39, 0.29) is 42.7 Å². The van der Waals surface area contributed by atoms with Crippen LogP contribution >= 0.6 is 0 Å². The summed E-state index contributed by atoms with van der Waals surface area (Å²) in [6.07, 6.45) is 19.0. The average molecular weight is 1320 g/mol. The maximum absolute atomic E-state index is 12.3. The molecule has 0 unspecified atom stereocenters. The predicted octanol–water partition coefficient (Wildman–Crippen LogP) is 12.9. The van der Waals surface area contributed by atoms with Crippen molar-refractivity contribution in [1.82, 2.24) is 19.9 Å². The van der Waals surface area contributed by atoms with Crippen LogP contribution in [0.15, 0.2) is 215 Å². The maximum Gasteiger partial charge on any atom is 0.263 e. The van der Waals surface area contributed by atoms with Crippen molar-refractivity contribution in [1.29, 1.82) is 0 Å². The summed E-state index contributed by atoms with van der Waals surface area (Å²) in [4.78, 5) is 63.9. The number of carbonyl (C=O) groups is 4. The highest BCUT2D eigenvalue weighted by Gasteiger charge is 2.20. The standard InChI is InChI=1S/2C17H20N2O3S.C16H18N2O4S.C16H18N2O3S/c1-13(2)8-9-17(20)14-5-3-6-15(11-14)19-23(21,22)16-7-4-10-18-12-16;1-2-3-4-10-17(20)14-7-5-8-15(12-14)19-23(21,22)16-9-6-11-18-13-16;1-22-10-4-8-16(19)13-5-2-6-14(11-13)18-23(20,21)15-7-3-9-17-12-15;1-2-3-9-16(19)13-6-4-7-14(11-13)18-22(20,21)15-8-5-10-17-12-15/h3-7,10-13,19H,8-9H2,1-2H3;5-9,11-13,19H,2-4,10H2,1H3;2-3,5-7,9,11-12,18H,4,8,10H2,1H3;4-8,10-12,18H,2-3,9H2,1H3. The van der Waals surface area contributed by atoms with Gasteiger partial charge in [-0.2, -0.15) is 0 Å². The zero-order chi connectivity index (χ0) is 66.3. The summed E-state index contributed by atoms with van der Waals surface area (Å²) in [5, 5.41) is 0. The van der Waals surface area contributed by atoms with Gasteiger partial charge in [-0.25, -0.2) is 33.7 Å². The molecule has 0 saturated carbocycles. The zero-order valence-electron chi connectivity index (χ0n) is 51.3. The Morgan fingerprint density at radius 3 is 0.934 bits per heavy atom. The number of unbranched alkanes of at least 4 members (excludes halogenated alkanes) is 3. The maximum atomic E-state index is 12.3. The van der Waals surface area contributed by atoms with E-state index in [0.29, 0.717) is 89.6 Å². The molecule has 0 aliphatic heterocycles. The lowest BCUT2D eigenvalue weighted by molar-refractivity contribution is 0.0958. The number of methoxy groups -OCH3 is 1. The molecule has 0 spiro atoms. The van der Waals surface area contributed by atoms with Crippen LogP contribution in [-0.4, -0.2) is 90.5 Å². The lowest BCUT2D eigenvalue weighted by Crippen LogP contribution is -2.13. The monoisotopic (exact) mass is 1320 g/mol. The molecule has 4 N–H and O–H groups in total. The number of carbonyl (C=O) groups excluding carboxylic acids is 4. The number of ether oxygens (including phenoxy) is 1. The summed E-state index contributed by atoms with van der Waals surface area (Å²) in [7, 11) is -13.2. The van der Waals surface area contributed by atoms with Gasteiger partial charge >= 0.3 is 0 Å². The van der Waals surface area contributed by atoms with Crippen LogP contribution < -0.4 is 18.9 Å². The Morgan fingerprint density at radius 2 is 0.670 bits per heavy atom. The van der Waals surface area contributed by atoms with Gasteiger partial charge in [-0.05, 0) is 129 Å². The van der Waals surface area contributed by atoms with Crippen LogP contribution in [0.4, 0.5) is 22.7 Å². The first-order chi connectivity index (χ1) is 43.5. The molecule has 4 aromatic heterocycles. The highest BCUT2D eigenvalue weighted by atomic mass is 32.2. The Balaban J connectivity index is 0.000000220. The van der Waals surface area contributed by atoms with Crippen LogP contribution in [0.5, 0.6) is 0 Å². The summed E-state index contributed by atoms with van der Waals surface area (Å²) >= 11 is 0. The lowest BCUT2D eigenvalue weighted by Gasteiger charge is -2.09. The first-order valence-corrected chi connectivity index (χ1v) is 35.1. The van der Waals surface area contributed by atoms with Gasteiger partial charge in [0.05, 0.1) is 0 Å². The molecule has 0 bridgehead atoms. The van der Waals surface area contributed by atoms with Crippen LogP contribution in [0, 0.1) is 5.92 Å². The molecule has 25 heteroatoms. The van der Waals surface area contributed by atoms with Gasteiger partial charge in [0.25, 0.3) is 40.1 Å². The summed E-state index contributed by atoms with van der Waals surface area (Å²) in [6.45, 7) is 8.74. The third-order valence-corrected chi connectivity index (χ3v) is 18.5. The van der Waals surface area contributed by atoms with Gasteiger partial charge in [0.1, 0.15) is 19.6 Å². The molecule has 91 heavy (non-hydrogen) atoms. The third-order valence-electron chi connectivity index (χ3n) is 13.0. The highest BCUT2D eigenvalue weighted by Crippen LogP contribution is 2.23. The topological polar surface area (TPSA) is 314 Å². The van der Waals surface area contributed by atoms with Gasteiger partial charge in [0.15, 0.2) is 23.1 Å². The molecule has 8 aromatic rings. The van der Waals surface area contributed by atoms with Gasteiger partial charge in [0.2, 0.25) is 0 Å². The number of anilines is 4. The molecule has 8 rings (SSSR count). The highest BCUT2D eigenvalue weighted by molar-refractivity contribution is 7.93. The number of nitrogens with zero attached hydrogens (tertiary/aromatic N) is 4. The van der Waals surface area contributed by atoms with Crippen molar-refractivity contribution in [2.24, 2.45) is 5.92 Å². The van der Waals surface area contributed by atoms with Crippen molar-refractivity contribution in [2.45, 2.75) is 118 Å². The number of sulfonamides is 4. The van der Waals surface area contributed by atoms with Crippen LogP contribution in [-0.2, 0) is 44.8 Å².